The molecule has 0 spiro atoms. The van der Waals surface area contributed by atoms with Crippen molar-refractivity contribution >= 4 is 15.9 Å². The van der Waals surface area contributed by atoms with E-state index in [-0.39, 0.29) is 5.92 Å². The standard InChI is InChI=1S/C12H14BrN3/c1-8-5-12(16-15-8)11(7-14)9-3-2-4-10(13)6-9/h2-6,11H,7,14H2,1H3,(H,15,16). The molecular formula is C12H14BrN3. The lowest BCUT2D eigenvalue weighted by molar-refractivity contribution is 0.778. The number of halogens is 1. The van der Waals surface area contributed by atoms with Crippen LogP contribution in [0.4, 0.5) is 0 Å². The summed E-state index contributed by atoms with van der Waals surface area (Å²) >= 11 is 3.47. The van der Waals surface area contributed by atoms with Gasteiger partial charge < -0.3 is 5.73 Å². The molecule has 0 fully saturated rings. The van der Waals surface area contributed by atoms with Gasteiger partial charge in [0, 0.05) is 22.6 Å². The third-order valence-electron chi connectivity index (χ3n) is 2.57. The number of aromatic amines is 1. The molecule has 3 N–H and O–H groups in total. The van der Waals surface area contributed by atoms with Gasteiger partial charge in [-0.15, -0.1) is 0 Å². The van der Waals surface area contributed by atoms with Crippen molar-refractivity contribution in [1.82, 2.24) is 10.2 Å². The summed E-state index contributed by atoms with van der Waals surface area (Å²) in [7, 11) is 0. The molecule has 1 heterocycles. The number of H-pyrrole nitrogens is 1. The van der Waals surface area contributed by atoms with E-state index in [1.54, 1.807) is 0 Å². The molecule has 0 bridgehead atoms. The van der Waals surface area contributed by atoms with Crippen LogP contribution < -0.4 is 5.73 Å². The molecule has 0 saturated carbocycles. The van der Waals surface area contributed by atoms with Crippen molar-refractivity contribution in [2.24, 2.45) is 5.73 Å². The molecular weight excluding hydrogens is 266 g/mol. The number of hydrogen-bond acceptors (Lipinski definition) is 2. The molecule has 1 aromatic carbocycles. The van der Waals surface area contributed by atoms with Crippen LogP contribution in [0.15, 0.2) is 34.8 Å². The molecule has 0 aliphatic heterocycles. The van der Waals surface area contributed by atoms with Gasteiger partial charge in [0.15, 0.2) is 0 Å². The summed E-state index contributed by atoms with van der Waals surface area (Å²) in [6.07, 6.45) is 0. The predicted octanol–water partition coefficient (Wildman–Crippen LogP) is 2.57. The maximum atomic E-state index is 5.83. The Morgan fingerprint density at radius 1 is 1.44 bits per heavy atom. The highest BCUT2D eigenvalue weighted by Crippen LogP contribution is 2.24. The van der Waals surface area contributed by atoms with Gasteiger partial charge in [-0.25, -0.2) is 0 Å². The molecule has 4 heteroatoms. The summed E-state index contributed by atoms with van der Waals surface area (Å²) < 4.78 is 1.07. The van der Waals surface area contributed by atoms with Gasteiger partial charge in [0.25, 0.3) is 0 Å². The first kappa shape index (κ1) is 11.4. The van der Waals surface area contributed by atoms with E-state index >= 15 is 0 Å². The normalized spacial score (nSPS) is 12.7. The highest BCUT2D eigenvalue weighted by molar-refractivity contribution is 9.10. The second-order valence-corrected chi connectivity index (χ2v) is 4.73. The first-order chi connectivity index (χ1) is 7.70. The first-order valence-electron chi connectivity index (χ1n) is 5.18. The van der Waals surface area contributed by atoms with E-state index in [0.29, 0.717) is 6.54 Å². The van der Waals surface area contributed by atoms with E-state index in [2.05, 4.69) is 38.3 Å². The zero-order valence-electron chi connectivity index (χ0n) is 9.07. The van der Waals surface area contributed by atoms with Gasteiger partial charge >= 0.3 is 0 Å². The van der Waals surface area contributed by atoms with E-state index in [0.717, 1.165) is 15.9 Å². The van der Waals surface area contributed by atoms with E-state index in [4.69, 9.17) is 5.73 Å². The Hall–Kier alpha value is -1.13. The Bertz CT molecular complexity index is 479. The number of nitrogens with one attached hydrogen (secondary N) is 1. The van der Waals surface area contributed by atoms with Crippen molar-refractivity contribution in [2.75, 3.05) is 6.54 Å². The molecule has 1 unspecified atom stereocenters. The van der Waals surface area contributed by atoms with Crippen LogP contribution in [0.25, 0.3) is 0 Å². The summed E-state index contributed by atoms with van der Waals surface area (Å²) in [5, 5.41) is 7.22. The summed E-state index contributed by atoms with van der Waals surface area (Å²) in [6.45, 7) is 2.55. The zero-order chi connectivity index (χ0) is 11.5. The molecule has 2 rings (SSSR count). The minimum absolute atomic E-state index is 0.155. The number of rotatable bonds is 3. The van der Waals surface area contributed by atoms with Crippen molar-refractivity contribution in [3.05, 3.63) is 51.8 Å². The number of aryl methyl sites for hydroxylation is 1. The minimum atomic E-state index is 0.155. The van der Waals surface area contributed by atoms with E-state index in [9.17, 15) is 0 Å². The summed E-state index contributed by atoms with van der Waals surface area (Å²) in [5.41, 5.74) is 9.07. The lowest BCUT2D eigenvalue weighted by atomic mass is 9.96. The number of hydrogen-bond donors (Lipinski definition) is 2. The number of benzene rings is 1. The molecule has 1 aromatic heterocycles. The third kappa shape index (κ3) is 2.33. The molecule has 0 aliphatic carbocycles. The minimum Gasteiger partial charge on any atom is -0.329 e. The maximum Gasteiger partial charge on any atom is 0.0712 e. The van der Waals surface area contributed by atoms with Gasteiger partial charge in [-0.3, -0.25) is 5.10 Å². The van der Waals surface area contributed by atoms with Crippen LogP contribution in [0, 0.1) is 6.92 Å². The summed E-state index contributed by atoms with van der Waals surface area (Å²) in [6, 6.07) is 10.2. The maximum absolute atomic E-state index is 5.83. The van der Waals surface area contributed by atoms with Crippen LogP contribution in [-0.4, -0.2) is 16.7 Å². The lowest BCUT2D eigenvalue weighted by Gasteiger charge is -2.12. The third-order valence-corrected chi connectivity index (χ3v) is 3.06. The highest BCUT2D eigenvalue weighted by atomic mass is 79.9. The quantitative estimate of drug-likeness (QED) is 0.907. The summed E-state index contributed by atoms with van der Waals surface area (Å²) in [4.78, 5) is 0. The van der Waals surface area contributed by atoms with Crippen molar-refractivity contribution in [1.29, 1.82) is 0 Å². The first-order valence-corrected chi connectivity index (χ1v) is 5.97. The highest BCUT2D eigenvalue weighted by Gasteiger charge is 2.15. The van der Waals surface area contributed by atoms with Gasteiger partial charge in [-0.2, -0.15) is 5.10 Å². The molecule has 2 aromatic rings. The molecule has 0 aliphatic rings. The number of nitrogens with zero attached hydrogens (tertiary/aromatic N) is 1. The van der Waals surface area contributed by atoms with Crippen molar-refractivity contribution in [2.45, 2.75) is 12.8 Å². The van der Waals surface area contributed by atoms with Gasteiger partial charge in [-0.1, -0.05) is 28.1 Å². The zero-order valence-corrected chi connectivity index (χ0v) is 10.7. The SMILES string of the molecule is Cc1cc(C(CN)c2cccc(Br)c2)n[nH]1. The van der Waals surface area contributed by atoms with Crippen LogP contribution in [0.5, 0.6) is 0 Å². The van der Waals surface area contributed by atoms with Gasteiger partial charge in [0.2, 0.25) is 0 Å². The van der Waals surface area contributed by atoms with E-state index in [1.165, 1.54) is 5.56 Å². The summed E-state index contributed by atoms with van der Waals surface area (Å²) in [5.74, 6) is 0.155. The Morgan fingerprint density at radius 2 is 2.25 bits per heavy atom. The molecule has 16 heavy (non-hydrogen) atoms. The van der Waals surface area contributed by atoms with Crippen molar-refractivity contribution in [3.8, 4) is 0 Å². The van der Waals surface area contributed by atoms with Crippen LogP contribution in [-0.2, 0) is 0 Å². The fraction of sp³-hybridized carbons (Fsp3) is 0.250. The fourth-order valence-electron chi connectivity index (χ4n) is 1.77. The topological polar surface area (TPSA) is 54.7 Å². The lowest BCUT2D eigenvalue weighted by Crippen LogP contribution is -2.14. The Morgan fingerprint density at radius 3 is 2.81 bits per heavy atom. The smallest absolute Gasteiger partial charge is 0.0712 e. The molecule has 3 nitrogen and oxygen atoms in total. The second kappa shape index (κ2) is 4.80. The molecule has 0 amide bonds. The number of nitrogens with two attached hydrogens (primary N) is 1. The molecule has 84 valence electrons. The van der Waals surface area contributed by atoms with Gasteiger partial charge in [-0.05, 0) is 30.7 Å². The largest absolute Gasteiger partial charge is 0.329 e. The van der Waals surface area contributed by atoms with Gasteiger partial charge in [0.05, 0.1) is 5.69 Å². The fourth-order valence-corrected chi connectivity index (χ4v) is 2.19. The Balaban J connectivity index is 2.36. The number of aromatic nitrogens is 2. The monoisotopic (exact) mass is 279 g/mol. The molecule has 0 radical (unpaired) electrons. The van der Waals surface area contributed by atoms with E-state index < -0.39 is 0 Å². The average Bonchev–Trinajstić information content (AvgIpc) is 2.66. The van der Waals surface area contributed by atoms with Crippen LogP contribution in [0.3, 0.4) is 0 Å². The van der Waals surface area contributed by atoms with Crippen molar-refractivity contribution < 1.29 is 0 Å². The average molecular weight is 280 g/mol. The van der Waals surface area contributed by atoms with E-state index in [1.807, 2.05) is 25.1 Å². The van der Waals surface area contributed by atoms with Gasteiger partial charge in [0.1, 0.15) is 0 Å². The molecule has 1 atom stereocenters. The Labute approximate surface area is 103 Å². The Kier molecular flexibility index (Phi) is 3.41. The van der Waals surface area contributed by atoms with Crippen LogP contribution >= 0.6 is 15.9 Å². The molecule has 0 saturated heterocycles. The van der Waals surface area contributed by atoms with Crippen LogP contribution in [0.1, 0.15) is 22.9 Å². The second-order valence-electron chi connectivity index (χ2n) is 3.82. The van der Waals surface area contributed by atoms with Crippen molar-refractivity contribution in [3.63, 3.8) is 0 Å². The predicted molar refractivity (Wildman–Crippen MR) is 68.4 cm³/mol. The van der Waals surface area contributed by atoms with Crippen LogP contribution in [0.2, 0.25) is 0 Å².